The number of rotatable bonds is 7. The highest BCUT2D eigenvalue weighted by molar-refractivity contribution is 5.29. The van der Waals surface area contributed by atoms with E-state index in [2.05, 4.69) is 51.2 Å². The molecule has 0 heterocycles. The van der Waals surface area contributed by atoms with Gasteiger partial charge in [0.15, 0.2) is 0 Å². The van der Waals surface area contributed by atoms with Crippen molar-refractivity contribution in [1.29, 1.82) is 0 Å². The monoisotopic (exact) mass is 233 g/mol. The largest absolute Gasteiger partial charge is 0.316 e. The molecule has 1 nitrogen and oxygen atoms in total. The molecule has 0 aliphatic rings. The molecule has 1 atom stereocenters. The van der Waals surface area contributed by atoms with Crippen molar-refractivity contribution >= 4 is 0 Å². The lowest BCUT2D eigenvalue weighted by atomic mass is 9.98. The van der Waals surface area contributed by atoms with Gasteiger partial charge in [-0.2, -0.15) is 0 Å². The first kappa shape index (κ1) is 14.2. The first-order valence-electron chi connectivity index (χ1n) is 6.90. The summed E-state index contributed by atoms with van der Waals surface area (Å²) in [5.41, 5.74) is 4.29. The van der Waals surface area contributed by atoms with Crippen LogP contribution in [0.5, 0.6) is 0 Å². The standard InChI is InChI=1S/C16H27N/c1-5-10-17-12-13(2)6-8-16-9-7-14(3)15(4)11-16/h7,9,11,13,17H,5-6,8,10,12H2,1-4H3. The molecule has 1 rings (SSSR count). The van der Waals surface area contributed by atoms with Gasteiger partial charge in [0.05, 0.1) is 0 Å². The molecule has 0 saturated carbocycles. The summed E-state index contributed by atoms with van der Waals surface area (Å²) in [5, 5.41) is 3.49. The van der Waals surface area contributed by atoms with Crippen LogP contribution in [0.3, 0.4) is 0 Å². The quantitative estimate of drug-likeness (QED) is 0.705. The zero-order valence-electron chi connectivity index (χ0n) is 11.8. The number of hydrogen-bond donors (Lipinski definition) is 1. The maximum atomic E-state index is 3.49. The van der Waals surface area contributed by atoms with Crippen molar-refractivity contribution in [3.8, 4) is 0 Å². The summed E-state index contributed by atoms with van der Waals surface area (Å²) in [5.74, 6) is 0.767. The molecule has 0 aliphatic carbocycles. The Labute approximate surface area is 107 Å². The molecule has 1 heteroatoms. The first-order chi connectivity index (χ1) is 8.13. The van der Waals surface area contributed by atoms with Crippen LogP contribution in [-0.2, 0) is 6.42 Å². The molecular formula is C16H27N. The van der Waals surface area contributed by atoms with E-state index in [4.69, 9.17) is 0 Å². The third kappa shape index (κ3) is 5.36. The molecule has 0 amide bonds. The van der Waals surface area contributed by atoms with Gasteiger partial charge in [-0.25, -0.2) is 0 Å². The van der Waals surface area contributed by atoms with Crippen LogP contribution in [0, 0.1) is 19.8 Å². The van der Waals surface area contributed by atoms with Crippen LogP contribution in [0.1, 0.15) is 43.4 Å². The molecule has 96 valence electrons. The fourth-order valence-corrected chi connectivity index (χ4v) is 2.00. The van der Waals surface area contributed by atoms with Crippen LogP contribution >= 0.6 is 0 Å². The Morgan fingerprint density at radius 1 is 1.18 bits per heavy atom. The predicted octanol–water partition coefficient (Wildman–Crippen LogP) is 3.87. The maximum Gasteiger partial charge on any atom is -0.00230 e. The smallest absolute Gasteiger partial charge is 0.00230 e. The molecule has 0 fully saturated rings. The Kier molecular flexibility index (Phi) is 6.28. The number of benzene rings is 1. The number of nitrogens with one attached hydrogen (secondary N) is 1. The summed E-state index contributed by atoms with van der Waals surface area (Å²) in [6.45, 7) is 11.2. The summed E-state index contributed by atoms with van der Waals surface area (Å²) in [7, 11) is 0. The molecule has 0 aliphatic heterocycles. The van der Waals surface area contributed by atoms with Crippen LogP contribution in [0.4, 0.5) is 0 Å². The highest BCUT2D eigenvalue weighted by atomic mass is 14.8. The Morgan fingerprint density at radius 3 is 2.59 bits per heavy atom. The van der Waals surface area contributed by atoms with Gasteiger partial charge < -0.3 is 5.32 Å². The van der Waals surface area contributed by atoms with E-state index in [1.165, 1.54) is 36.0 Å². The third-order valence-electron chi connectivity index (χ3n) is 3.42. The van der Waals surface area contributed by atoms with E-state index in [1.807, 2.05) is 0 Å². The molecule has 0 radical (unpaired) electrons. The van der Waals surface area contributed by atoms with Crippen molar-refractivity contribution in [3.05, 3.63) is 34.9 Å². The van der Waals surface area contributed by atoms with E-state index >= 15 is 0 Å². The molecule has 0 bridgehead atoms. The van der Waals surface area contributed by atoms with Gasteiger partial charge >= 0.3 is 0 Å². The van der Waals surface area contributed by atoms with Crippen molar-refractivity contribution in [2.24, 2.45) is 5.92 Å². The minimum absolute atomic E-state index is 0.767. The fraction of sp³-hybridized carbons (Fsp3) is 0.625. The van der Waals surface area contributed by atoms with Crippen molar-refractivity contribution in [2.45, 2.75) is 47.0 Å². The lowest BCUT2D eigenvalue weighted by molar-refractivity contribution is 0.481. The summed E-state index contributed by atoms with van der Waals surface area (Å²) in [6.07, 6.45) is 3.71. The lowest BCUT2D eigenvalue weighted by Crippen LogP contribution is -2.22. The summed E-state index contributed by atoms with van der Waals surface area (Å²) in [6, 6.07) is 6.85. The van der Waals surface area contributed by atoms with E-state index in [1.54, 1.807) is 0 Å². The molecule has 1 unspecified atom stereocenters. The summed E-state index contributed by atoms with van der Waals surface area (Å²) in [4.78, 5) is 0. The van der Waals surface area contributed by atoms with Gasteiger partial charge in [-0.05, 0) is 68.8 Å². The van der Waals surface area contributed by atoms with Crippen LogP contribution in [0.15, 0.2) is 18.2 Å². The molecule has 0 spiro atoms. The van der Waals surface area contributed by atoms with Crippen LogP contribution in [0.2, 0.25) is 0 Å². The number of hydrogen-bond acceptors (Lipinski definition) is 1. The van der Waals surface area contributed by atoms with Crippen LogP contribution in [-0.4, -0.2) is 13.1 Å². The Morgan fingerprint density at radius 2 is 1.94 bits per heavy atom. The molecule has 0 saturated heterocycles. The molecule has 1 aromatic rings. The van der Waals surface area contributed by atoms with E-state index < -0.39 is 0 Å². The average molecular weight is 233 g/mol. The first-order valence-corrected chi connectivity index (χ1v) is 6.90. The van der Waals surface area contributed by atoms with E-state index in [9.17, 15) is 0 Å². The van der Waals surface area contributed by atoms with Gasteiger partial charge in [0.25, 0.3) is 0 Å². The molecule has 0 aromatic heterocycles. The highest BCUT2D eigenvalue weighted by Gasteiger charge is 2.03. The van der Waals surface area contributed by atoms with Gasteiger partial charge in [-0.15, -0.1) is 0 Å². The SMILES string of the molecule is CCCNCC(C)CCc1ccc(C)c(C)c1. The zero-order chi connectivity index (χ0) is 12.7. The van der Waals surface area contributed by atoms with Crippen molar-refractivity contribution in [3.63, 3.8) is 0 Å². The van der Waals surface area contributed by atoms with Gasteiger partial charge in [-0.3, -0.25) is 0 Å². The highest BCUT2D eigenvalue weighted by Crippen LogP contribution is 2.13. The molecule has 1 N–H and O–H groups in total. The fourth-order valence-electron chi connectivity index (χ4n) is 2.00. The summed E-state index contributed by atoms with van der Waals surface area (Å²) >= 11 is 0. The van der Waals surface area contributed by atoms with Crippen LogP contribution in [0.25, 0.3) is 0 Å². The van der Waals surface area contributed by atoms with E-state index in [-0.39, 0.29) is 0 Å². The Bertz CT molecular complexity index is 330. The third-order valence-corrected chi connectivity index (χ3v) is 3.42. The second-order valence-electron chi connectivity index (χ2n) is 5.27. The molecule has 17 heavy (non-hydrogen) atoms. The van der Waals surface area contributed by atoms with Gasteiger partial charge in [0.2, 0.25) is 0 Å². The van der Waals surface area contributed by atoms with E-state index in [0.29, 0.717) is 0 Å². The maximum absolute atomic E-state index is 3.49. The topological polar surface area (TPSA) is 12.0 Å². The average Bonchev–Trinajstić information content (AvgIpc) is 2.31. The van der Waals surface area contributed by atoms with Gasteiger partial charge in [-0.1, -0.05) is 32.0 Å². The second kappa shape index (κ2) is 7.50. The Balaban J connectivity index is 2.31. The predicted molar refractivity (Wildman–Crippen MR) is 76.6 cm³/mol. The Hall–Kier alpha value is -0.820. The van der Waals surface area contributed by atoms with Gasteiger partial charge in [0, 0.05) is 0 Å². The minimum atomic E-state index is 0.767. The van der Waals surface area contributed by atoms with Crippen molar-refractivity contribution in [1.82, 2.24) is 5.32 Å². The number of aryl methyl sites for hydroxylation is 3. The lowest BCUT2D eigenvalue weighted by Gasteiger charge is -2.12. The molecular weight excluding hydrogens is 206 g/mol. The zero-order valence-corrected chi connectivity index (χ0v) is 11.8. The molecule has 1 aromatic carbocycles. The minimum Gasteiger partial charge on any atom is -0.316 e. The van der Waals surface area contributed by atoms with E-state index in [0.717, 1.165) is 19.0 Å². The normalized spacial score (nSPS) is 12.7. The van der Waals surface area contributed by atoms with Crippen molar-refractivity contribution in [2.75, 3.05) is 13.1 Å². The summed E-state index contributed by atoms with van der Waals surface area (Å²) < 4.78 is 0. The van der Waals surface area contributed by atoms with Crippen LogP contribution < -0.4 is 5.32 Å². The van der Waals surface area contributed by atoms with Gasteiger partial charge in [0.1, 0.15) is 0 Å². The van der Waals surface area contributed by atoms with Crippen molar-refractivity contribution < 1.29 is 0 Å². The second-order valence-corrected chi connectivity index (χ2v) is 5.27.